The number of nitrogens with zero attached hydrogens (tertiary/aromatic N) is 9. The Morgan fingerprint density at radius 1 is 1.16 bits per heavy atom. The molecule has 0 N–H and O–H groups in total. The van der Waals surface area contributed by atoms with E-state index in [9.17, 15) is 10.1 Å². The second kappa shape index (κ2) is 10.1. The number of aromatic nitrogens is 6. The topological polar surface area (TPSA) is 118 Å². The Balaban J connectivity index is 1.52. The van der Waals surface area contributed by atoms with E-state index in [2.05, 4.69) is 56.8 Å². The van der Waals surface area contributed by atoms with Crippen LogP contribution in [0.3, 0.4) is 0 Å². The Morgan fingerprint density at radius 3 is 2.68 bits per heavy atom. The summed E-state index contributed by atoms with van der Waals surface area (Å²) in [6.07, 6.45) is 1.94. The predicted molar refractivity (Wildman–Crippen MR) is 145 cm³/mol. The molecule has 0 amide bonds. The molecule has 0 saturated carbocycles. The Labute approximate surface area is 221 Å². The molecule has 3 atom stereocenters. The summed E-state index contributed by atoms with van der Waals surface area (Å²) < 4.78 is 8.94. The number of piperazine rings is 1. The highest BCUT2D eigenvalue weighted by atomic mass is 16.5. The van der Waals surface area contributed by atoms with Crippen molar-refractivity contribution in [1.82, 2.24) is 34.0 Å². The number of methoxy groups -OCH3 is 1. The number of rotatable bonds is 6. The maximum Gasteiger partial charge on any atom is 0.350 e. The van der Waals surface area contributed by atoms with Gasteiger partial charge in [-0.05, 0) is 38.5 Å². The third-order valence-electron chi connectivity index (χ3n) is 7.60. The molecule has 3 aromatic heterocycles. The zero-order chi connectivity index (χ0) is 27.1. The van der Waals surface area contributed by atoms with Crippen molar-refractivity contribution in [2.45, 2.75) is 45.3 Å². The van der Waals surface area contributed by atoms with Crippen LogP contribution in [0.4, 0.5) is 5.82 Å². The van der Waals surface area contributed by atoms with Gasteiger partial charge < -0.3 is 14.2 Å². The first-order valence-electron chi connectivity index (χ1n) is 12.8. The summed E-state index contributed by atoms with van der Waals surface area (Å²) >= 11 is 0. The molecule has 198 valence electrons. The van der Waals surface area contributed by atoms with Gasteiger partial charge in [0.15, 0.2) is 5.82 Å². The van der Waals surface area contributed by atoms with E-state index in [1.54, 1.807) is 20.4 Å². The van der Waals surface area contributed by atoms with Crippen LogP contribution in [-0.2, 0) is 25.3 Å². The lowest BCUT2D eigenvalue weighted by Gasteiger charge is -2.48. The van der Waals surface area contributed by atoms with E-state index in [1.807, 2.05) is 24.6 Å². The van der Waals surface area contributed by atoms with Gasteiger partial charge in [0.25, 0.3) is 0 Å². The van der Waals surface area contributed by atoms with Crippen LogP contribution in [-0.4, -0.2) is 72.9 Å². The molecule has 0 bridgehead atoms. The number of nitriles is 1. The number of imidazole rings is 1. The van der Waals surface area contributed by atoms with E-state index in [4.69, 9.17) is 9.72 Å². The van der Waals surface area contributed by atoms with Crippen molar-refractivity contribution < 1.29 is 4.74 Å². The molecule has 1 aromatic carbocycles. The molecule has 0 aliphatic carbocycles. The summed E-state index contributed by atoms with van der Waals surface area (Å²) in [5.74, 6) is 1.14. The van der Waals surface area contributed by atoms with Crippen LogP contribution in [0.25, 0.3) is 22.2 Å². The van der Waals surface area contributed by atoms with E-state index >= 15 is 0 Å². The smallest absolute Gasteiger partial charge is 0.350 e. The normalized spacial score (nSPS) is 19.2. The summed E-state index contributed by atoms with van der Waals surface area (Å²) in [6, 6.07) is 8.68. The highest BCUT2D eigenvalue weighted by Crippen LogP contribution is 2.32. The first kappa shape index (κ1) is 25.8. The van der Waals surface area contributed by atoms with Crippen molar-refractivity contribution in [3.63, 3.8) is 0 Å². The Kier molecular flexibility index (Phi) is 6.86. The van der Waals surface area contributed by atoms with Gasteiger partial charge in [-0.2, -0.15) is 10.2 Å². The summed E-state index contributed by atoms with van der Waals surface area (Å²) in [5.41, 5.74) is 4.76. The predicted octanol–water partition coefficient (Wildman–Crippen LogP) is 2.27. The number of hydrogen-bond acceptors (Lipinski definition) is 9. The molecule has 1 fully saturated rings. The minimum atomic E-state index is -0.355. The van der Waals surface area contributed by atoms with Gasteiger partial charge in [-0.1, -0.05) is 6.07 Å². The molecular formula is C27H33N9O2. The lowest BCUT2D eigenvalue weighted by atomic mass is 10.00. The SMILES string of the molecule is COC[C@H]1CN(C(C)c2ccc3ncc(C)nc3c2)[C@H](C)CN1c1nc(=O)n(C)c2c1nc(CC#N)n2C. The average molecular weight is 516 g/mol. The van der Waals surface area contributed by atoms with Crippen molar-refractivity contribution in [2.24, 2.45) is 14.1 Å². The van der Waals surface area contributed by atoms with E-state index in [-0.39, 0.29) is 30.2 Å². The largest absolute Gasteiger partial charge is 0.383 e. The molecule has 1 unspecified atom stereocenters. The standard InChI is InChI=1S/C27H33N9O2/c1-16-12-29-21-8-7-19(11-22(21)30-16)18(3)35-14-20(15-38-6)36(13-17(35)2)25-24-26(34(5)27(37)32-25)33(4)23(31-24)9-10-28/h7-8,11-12,17-18,20H,9,13-15H2,1-6H3/t17-,18?,20-/m1/s1. The van der Waals surface area contributed by atoms with Crippen LogP contribution in [0.1, 0.15) is 37.0 Å². The number of hydrogen-bond donors (Lipinski definition) is 0. The van der Waals surface area contributed by atoms with Gasteiger partial charge in [-0.25, -0.2) is 14.8 Å². The van der Waals surface area contributed by atoms with Gasteiger partial charge in [-0.15, -0.1) is 0 Å². The fraction of sp³-hybridized carbons (Fsp3) is 0.481. The Morgan fingerprint density at radius 2 is 1.95 bits per heavy atom. The van der Waals surface area contributed by atoms with Gasteiger partial charge in [0, 0.05) is 52.6 Å². The van der Waals surface area contributed by atoms with Crippen molar-refractivity contribution in [1.29, 1.82) is 5.26 Å². The monoisotopic (exact) mass is 515 g/mol. The minimum absolute atomic E-state index is 0.0506. The number of fused-ring (bicyclic) bond motifs is 2. The second-order valence-corrected chi connectivity index (χ2v) is 10.1. The maximum absolute atomic E-state index is 12.9. The quantitative estimate of drug-likeness (QED) is 0.381. The summed E-state index contributed by atoms with van der Waals surface area (Å²) in [6.45, 7) is 8.17. The van der Waals surface area contributed by atoms with E-state index in [1.165, 1.54) is 10.1 Å². The van der Waals surface area contributed by atoms with Crippen molar-refractivity contribution in [2.75, 3.05) is 31.7 Å². The fourth-order valence-corrected chi connectivity index (χ4v) is 5.57. The zero-order valence-corrected chi connectivity index (χ0v) is 22.7. The van der Waals surface area contributed by atoms with Crippen LogP contribution in [0.5, 0.6) is 0 Å². The molecule has 1 aliphatic heterocycles. The number of aryl methyl sites for hydroxylation is 3. The van der Waals surface area contributed by atoms with E-state index < -0.39 is 0 Å². The van der Waals surface area contributed by atoms with Crippen molar-refractivity contribution >= 4 is 28.0 Å². The minimum Gasteiger partial charge on any atom is -0.383 e. The van der Waals surface area contributed by atoms with E-state index in [0.717, 1.165) is 16.7 Å². The lowest BCUT2D eigenvalue weighted by Crippen LogP contribution is -2.60. The molecule has 11 heteroatoms. The summed E-state index contributed by atoms with van der Waals surface area (Å²) in [4.78, 5) is 35.9. The molecular weight excluding hydrogens is 482 g/mol. The molecule has 4 aromatic rings. The van der Waals surface area contributed by atoms with Crippen molar-refractivity contribution in [3.8, 4) is 6.07 Å². The first-order valence-corrected chi connectivity index (χ1v) is 12.8. The number of benzene rings is 1. The molecule has 0 radical (unpaired) electrons. The van der Waals surface area contributed by atoms with E-state index in [0.29, 0.717) is 42.5 Å². The van der Waals surface area contributed by atoms with Gasteiger partial charge in [0.2, 0.25) is 0 Å². The first-order chi connectivity index (χ1) is 18.2. The lowest BCUT2D eigenvalue weighted by molar-refractivity contribution is 0.0801. The zero-order valence-electron chi connectivity index (χ0n) is 22.7. The molecule has 38 heavy (non-hydrogen) atoms. The Bertz CT molecular complexity index is 1600. The maximum atomic E-state index is 12.9. The molecule has 1 saturated heterocycles. The highest BCUT2D eigenvalue weighted by molar-refractivity contribution is 5.84. The molecule has 4 heterocycles. The molecule has 5 rings (SSSR count). The van der Waals surface area contributed by atoms with Crippen LogP contribution in [0.15, 0.2) is 29.2 Å². The van der Waals surface area contributed by atoms with Gasteiger partial charge >= 0.3 is 5.69 Å². The molecule has 0 spiro atoms. The van der Waals surface area contributed by atoms with Gasteiger partial charge in [-0.3, -0.25) is 14.5 Å². The summed E-state index contributed by atoms with van der Waals surface area (Å²) in [5, 5.41) is 9.28. The van der Waals surface area contributed by atoms with Crippen LogP contribution in [0.2, 0.25) is 0 Å². The number of ether oxygens (including phenoxy) is 1. The van der Waals surface area contributed by atoms with Gasteiger partial charge in [0.05, 0.1) is 41.9 Å². The van der Waals surface area contributed by atoms with Gasteiger partial charge in [0.1, 0.15) is 17.0 Å². The molecule has 11 nitrogen and oxygen atoms in total. The summed E-state index contributed by atoms with van der Waals surface area (Å²) in [7, 11) is 5.20. The highest BCUT2D eigenvalue weighted by Gasteiger charge is 2.37. The fourth-order valence-electron chi connectivity index (χ4n) is 5.57. The van der Waals surface area contributed by atoms with Crippen LogP contribution < -0.4 is 10.6 Å². The Hall–Kier alpha value is -3.88. The van der Waals surface area contributed by atoms with Crippen molar-refractivity contribution in [3.05, 3.63) is 52.0 Å². The second-order valence-electron chi connectivity index (χ2n) is 10.1. The third kappa shape index (κ3) is 4.40. The number of anilines is 1. The van der Waals surface area contributed by atoms with Crippen LogP contribution in [0, 0.1) is 18.3 Å². The average Bonchev–Trinajstić information content (AvgIpc) is 3.22. The third-order valence-corrected chi connectivity index (χ3v) is 7.60. The molecule has 1 aliphatic rings. The van der Waals surface area contributed by atoms with Crippen LogP contribution >= 0.6 is 0 Å².